The Hall–Kier alpha value is -1.07. The maximum atomic E-state index is 12.0. The maximum absolute atomic E-state index is 12.0. The summed E-state index contributed by atoms with van der Waals surface area (Å²) < 4.78 is 6.81. The fraction of sp³-hybridized carbons (Fsp3) is 0.692. The van der Waals surface area contributed by atoms with Gasteiger partial charge >= 0.3 is 0 Å². The van der Waals surface area contributed by atoms with Gasteiger partial charge in [-0.2, -0.15) is 5.10 Å². The molecule has 1 aromatic heterocycles. The quantitative estimate of drug-likeness (QED) is 0.922. The van der Waals surface area contributed by atoms with E-state index in [0.29, 0.717) is 11.6 Å². The van der Waals surface area contributed by atoms with Gasteiger partial charge in [-0.3, -0.25) is 4.79 Å². The zero-order valence-corrected chi connectivity index (χ0v) is 12.1. The average molecular weight is 286 g/mol. The van der Waals surface area contributed by atoms with E-state index in [1.54, 1.807) is 6.20 Å². The molecule has 0 aromatic carbocycles. The molecule has 1 aromatic rings. The van der Waals surface area contributed by atoms with Crippen molar-refractivity contribution >= 4 is 17.3 Å². The van der Waals surface area contributed by atoms with Crippen molar-refractivity contribution in [2.75, 3.05) is 25.1 Å². The van der Waals surface area contributed by atoms with Crippen LogP contribution in [0.3, 0.4) is 0 Å². The van der Waals surface area contributed by atoms with Crippen LogP contribution in [-0.4, -0.2) is 29.5 Å². The van der Waals surface area contributed by atoms with Crippen LogP contribution in [0.1, 0.15) is 32.7 Å². The van der Waals surface area contributed by atoms with Gasteiger partial charge in [-0.25, -0.2) is 4.68 Å². The van der Waals surface area contributed by atoms with Crippen molar-refractivity contribution in [1.29, 1.82) is 0 Å². The Labute approximate surface area is 117 Å². The minimum atomic E-state index is -0.249. The second-order valence-corrected chi connectivity index (χ2v) is 5.56. The van der Waals surface area contributed by atoms with Crippen molar-refractivity contribution in [3.63, 3.8) is 0 Å². The molecule has 0 radical (unpaired) electrons. The van der Waals surface area contributed by atoms with Crippen molar-refractivity contribution in [3.05, 3.63) is 21.6 Å². The fourth-order valence-electron chi connectivity index (χ4n) is 2.16. The molecule has 106 valence electrons. The van der Waals surface area contributed by atoms with Crippen LogP contribution in [0.4, 0.5) is 5.69 Å². The lowest BCUT2D eigenvalue weighted by atomic mass is 10.0. The predicted octanol–water partition coefficient (Wildman–Crippen LogP) is 2.32. The van der Waals surface area contributed by atoms with Gasteiger partial charge in [-0.1, -0.05) is 11.6 Å². The number of aromatic nitrogens is 2. The van der Waals surface area contributed by atoms with Crippen LogP contribution in [0.2, 0.25) is 5.02 Å². The maximum Gasteiger partial charge on any atom is 0.287 e. The highest BCUT2D eigenvalue weighted by Crippen LogP contribution is 2.19. The number of hydrogen-bond donors (Lipinski definition) is 1. The summed E-state index contributed by atoms with van der Waals surface area (Å²) in [5, 5.41) is 7.54. The second kappa shape index (κ2) is 6.39. The highest BCUT2D eigenvalue weighted by Gasteiger charge is 2.16. The molecule has 0 saturated carbocycles. The van der Waals surface area contributed by atoms with Crippen LogP contribution >= 0.6 is 11.6 Å². The fourth-order valence-corrected chi connectivity index (χ4v) is 2.36. The molecule has 0 amide bonds. The molecular formula is C13H20ClN3O2. The Kier molecular flexibility index (Phi) is 4.82. The Morgan fingerprint density at radius 3 is 3.05 bits per heavy atom. The van der Waals surface area contributed by atoms with E-state index in [9.17, 15) is 4.79 Å². The van der Waals surface area contributed by atoms with Gasteiger partial charge < -0.3 is 10.1 Å². The van der Waals surface area contributed by atoms with Crippen molar-refractivity contribution < 1.29 is 4.74 Å². The van der Waals surface area contributed by atoms with Gasteiger partial charge in [0, 0.05) is 13.2 Å². The minimum Gasteiger partial charge on any atom is -0.382 e. The van der Waals surface area contributed by atoms with Gasteiger partial charge in [0.25, 0.3) is 5.56 Å². The number of halogens is 1. The minimum absolute atomic E-state index is 0.00537. The molecule has 1 atom stereocenters. The number of hydrogen-bond acceptors (Lipinski definition) is 4. The molecule has 2 rings (SSSR count). The highest BCUT2D eigenvalue weighted by atomic mass is 35.5. The van der Waals surface area contributed by atoms with E-state index in [0.717, 1.165) is 32.6 Å². The molecule has 1 saturated heterocycles. The number of ether oxygens (including phenoxy) is 1. The summed E-state index contributed by atoms with van der Waals surface area (Å²) in [4.78, 5) is 12.0. The van der Waals surface area contributed by atoms with Gasteiger partial charge in [0.05, 0.1) is 24.5 Å². The second-order valence-electron chi connectivity index (χ2n) is 5.18. The van der Waals surface area contributed by atoms with E-state index in [-0.39, 0.29) is 16.6 Å². The number of anilines is 1. The van der Waals surface area contributed by atoms with Crippen LogP contribution in [0.15, 0.2) is 11.0 Å². The van der Waals surface area contributed by atoms with Crippen molar-refractivity contribution in [3.8, 4) is 0 Å². The summed E-state index contributed by atoms with van der Waals surface area (Å²) >= 11 is 6.09. The third-order valence-electron chi connectivity index (χ3n) is 3.27. The molecule has 2 heterocycles. The lowest BCUT2D eigenvalue weighted by molar-refractivity contribution is 0.0595. The zero-order chi connectivity index (χ0) is 13.8. The van der Waals surface area contributed by atoms with Gasteiger partial charge in [-0.15, -0.1) is 0 Å². The molecule has 1 aliphatic heterocycles. The van der Waals surface area contributed by atoms with E-state index >= 15 is 0 Å². The summed E-state index contributed by atoms with van der Waals surface area (Å²) in [6.07, 6.45) is 3.85. The average Bonchev–Trinajstić information content (AvgIpc) is 2.41. The third-order valence-corrected chi connectivity index (χ3v) is 3.63. The van der Waals surface area contributed by atoms with Crippen LogP contribution in [-0.2, 0) is 4.74 Å². The van der Waals surface area contributed by atoms with Gasteiger partial charge in [-0.05, 0) is 32.6 Å². The molecule has 0 bridgehead atoms. The first-order chi connectivity index (χ1) is 9.09. The van der Waals surface area contributed by atoms with E-state index in [2.05, 4.69) is 10.4 Å². The van der Waals surface area contributed by atoms with Crippen LogP contribution < -0.4 is 10.9 Å². The molecule has 19 heavy (non-hydrogen) atoms. The lowest BCUT2D eigenvalue weighted by Gasteiger charge is -2.23. The molecular weight excluding hydrogens is 266 g/mol. The first-order valence-electron chi connectivity index (χ1n) is 6.68. The summed E-state index contributed by atoms with van der Waals surface area (Å²) in [6.45, 7) is 6.17. The van der Waals surface area contributed by atoms with Gasteiger partial charge in [0.1, 0.15) is 5.02 Å². The Bertz CT molecular complexity index is 481. The number of nitrogens with zero attached hydrogens (tertiary/aromatic N) is 2. The van der Waals surface area contributed by atoms with Crippen LogP contribution in [0.25, 0.3) is 0 Å². The predicted molar refractivity (Wildman–Crippen MR) is 75.9 cm³/mol. The van der Waals surface area contributed by atoms with E-state index < -0.39 is 0 Å². The lowest BCUT2D eigenvalue weighted by Crippen LogP contribution is -2.28. The van der Waals surface area contributed by atoms with Crippen LogP contribution in [0.5, 0.6) is 0 Å². The Morgan fingerprint density at radius 2 is 2.42 bits per heavy atom. The topological polar surface area (TPSA) is 56.1 Å². The van der Waals surface area contributed by atoms with Crippen molar-refractivity contribution in [1.82, 2.24) is 9.78 Å². The van der Waals surface area contributed by atoms with Gasteiger partial charge in [0.2, 0.25) is 0 Å². The number of nitrogens with one attached hydrogen (secondary N) is 1. The molecule has 0 spiro atoms. The number of rotatable bonds is 4. The molecule has 1 N–H and O–H groups in total. The summed E-state index contributed by atoms with van der Waals surface area (Å²) in [6, 6.07) is 0.00537. The molecule has 6 heteroatoms. The molecule has 0 aliphatic carbocycles. The van der Waals surface area contributed by atoms with Crippen LogP contribution in [0, 0.1) is 5.92 Å². The largest absolute Gasteiger partial charge is 0.382 e. The molecule has 1 aliphatic rings. The van der Waals surface area contributed by atoms with E-state index in [4.69, 9.17) is 16.3 Å². The monoisotopic (exact) mass is 285 g/mol. The normalized spacial score (nSPS) is 19.7. The Morgan fingerprint density at radius 1 is 1.63 bits per heavy atom. The zero-order valence-electron chi connectivity index (χ0n) is 11.4. The SMILES string of the molecule is CC(C)n1ncc(NCC2CCCOC2)c(Cl)c1=O. The first kappa shape index (κ1) is 14.3. The van der Waals surface area contributed by atoms with Gasteiger partial charge in [0.15, 0.2) is 0 Å². The molecule has 1 fully saturated rings. The van der Waals surface area contributed by atoms with Crippen molar-refractivity contribution in [2.45, 2.75) is 32.7 Å². The summed E-state index contributed by atoms with van der Waals surface area (Å²) in [7, 11) is 0. The summed E-state index contributed by atoms with van der Waals surface area (Å²) in [5.41, 5.74) is 0.357. The first-order valence-corrected chi connectivity index (χ1v) is 7.06. The van der Waals surface area contributed by atoms with E-state index in [1.807, 2.05) is 13.8 Å². The standard InChI is InChI=1S/C13H20ClN3O2/c1-9(2)17-13(18)12(14)11(7-16-17)15-6-10-4-3-5-19-8-10/h7,9-10,15H,3-6,8H2,1-2H3. The van der Waals surface area contributed by atoms with Crippen molar-refractivity contribution in [2.24, 2.45) is 5.92 Å². The summed E-state index contributed by atoms with van der Waals surface area (Å²) in [5.74, 6) is 0.470. The van der Waals surface area contributed by atoms with E-state index in [1.165, 1.54) is 4.68 Å². The third kappa shape index (κ3) is 3.48. The highest BCUT2D eigenvalue weighted by molar-refractivity contribution is 6.32. The molecule has 1 unspecified atom stereocenters. The molecule has 5 nitrogen and oxygen atoms in total. The Balaban J connectivity index is 2.04. The smallest absolute Gasteiger partial charge is 0.287 e.